The van der Waals surface area contributed by atoms with E-state index < -0.39 is 17.7 Å². The summed E-state index contributed by atoms with van der Waals surface area (Å²) in [6.45, 7) is 6.42. The van der Waals surface area contributed by atoms with Crippen molar-refractivity contribution in [2.75, 3.05) is 6.61 Å². The average Bonchev–Trinajstić information content (AvgIpc) is 3.43. The Morgan fingerprint density at radius 1 is 1.06 bits per heavy atom. The van der Waals surface area contributed by atoms with Gasteiger partial charge in [0.25, 0.3) is 11.7 Å². The number of rotatable bonds is 8. The van der Waals surface area contributed by atoms with Gasteiger partial charge in [-0.3, -0.25) is 9.59 Å². The van der Waals surface area contributed by atoms with Gasteiger partial charge in [0.1, 0.15) is 29.1 Å². The summed E-state index contributed by atoms with van der Waals surface area (Å²) in [6, 6.07) is 16.6. The van der Waals surface area contributed by atoms with Crippen LogP contribution < -0.4 is 9.47 Å². The summed E-state index contributed by atoms with van der Waals surface area (Å²) in [5.74, 6) is -0.0764. The Morgan fingerprint density at radius 2 is 1.82 bits per heavy atom. The number of aliphatic hydroxyl groups is 1. The molecule has 4 rings (SSSR count). The van der Waals surface area contributed by atoms with E-state index in [1.165, 1.54) is 11.2 Å². The Kier molecular flexibility index (Phi) is 6.72. The van der Waals surface area contributed by atoms with Gasteiger partial charge in [-0.15, -0.1) is 0 Å². The molecule has 1 N–H and O–H groups in total. The average molecular weight is 462 g/mol. The van der Waals surface area contributed by atoms with Crippen molar-refractivity contribution in [1.29, 1.82) is 0 Å². The number of aliphatic hydroxyl groups excluding tert-OH is 1. The standard InChI is InChI=1S/C27H27NO6/c1-4-32-20-12-10-18(11-13-20)16-28-24(22-9-6-14-33-22)23(26(30)27(28)31)25(29)19-7-5-8-21(15-19)34-17(2)3/h5-15,17,24,29H,4,16H2,1-3H3/b25-23-. The third-order valence-corrected chi connectivity index (χ3v) is 5.42. The fourth-order valence-electron chi connectivity index (χ4n) is 3.98. The number of hydrogen-bond acceptors (Lipinski definition) is 6. The normalized spacial score (nSPS) is 17.4. The summed E-state index contributed by atoms with van der Waals surface area (Å²) in [7, 11) is 0. The molecular formula is C27H27NO6. The maximum atomic E-state index is 13.1. The third kappa shape index (κ3) is 4.69. The fraction of sp³-hybridized carbons (Fsp3) is 0.259. The van der Waals surface area contributed by atoms with Crippen molar-refractivity contribution in [2.45, 2.75) is 39.5 Å². The highest BCUT2D eigenvalue weighted by molar-refractivity contribution is 6.46. The van der Waals surface area contributed by atoms with E-state index in [0.29, 0.717) is 23.7 Å². The summed E-state index contributed by atoms with van der Waals surface area (Å²) in [5, 5.41) is 11.2. The van der Waals surface area contributed by atoms with Gasteiger partial charge in [0.15, 0.2) is 0 Å². The highest BCUT2D eigenvalue weighted by Gasteiger charge is 2.47. The Morgan fingerprint density at radius 3 is 2.47 bits per heavy atom. The minimum Gasteiger partial charge on any atom is -0.507 e. The molecule has 0 spiro atoms. The minimum atomic E-state index is -0.865. The second-order valence-corrected chi connectivity index (χ2v) is 8.21. The number of Topliss-reactive ketones (excluding diaryl/α,β-unsaturated/α-hetero) is 1. The van der Waals surface area contributed by atoms with Crippen LogP contribution in [0.1, 0.15) is 43.7 Å². The minimum absolute atomic E-state index is 0.0208. The summed E-state index contributed by atoms with van der Waals surface area (Å²) in [6.07, 6.45) is 1.42. The molecule has 2 aromatic carbocycles. The molecule has 7 heteroatoms. The maximum Gasteiger partial charge on any atom is 0.296 e. The Labute approximate surface area is 198 Å². The Balaban J connectivity index is 1.74. The molecule has 1 saturated heterocycles. The number of ketones is 1. The number of carbonyl (C=O) groups is 2. The number of ether oxygens (including phenoxy) is 2. The van der Waals surface area contributed by atoms with Crippen LogP contribution in [0.3, 0.4) is 0 Å². The molecule has 3 aromatic rings. The van der Waals surface area contributed by atoms with Gasteiger partial charge in [-0.25, -0.2) is 0 Å². The summed E-state index contributed by atoms with van der Waals surface area (Å²) < 4.78 is 16.8. The molecule has 1 amide bonds. The molecule has 0 aliphatic carbocycles. The Bertz CT molecular complexity index is 1190. The molecule has 1 aliphatic rings. The van der Waals surface area contributed by atoms with E-state index in [4.69, 9.17) is 13.9 Å². The predicted molar refractivity (Wildman–Crippen MR) is 126 cm³/mol. The van der Waals surface area contributed by atoms with Crippen molar-refractivity contribution in [3.05, 3.63) is 89.4 Å². The quantitative estimate of drug-likeness (QED) is 0.286. The van der Waals surface area contributed by atoms with Crippen molar-refractivity contribution < 1.29 is 28.6 Å². The lowest BCUT2D eigenvalue weighted by molar-refractivity contribution is -0.140. The van der Waals surface area contributed by atoms with Crippen molar-refractivity contribution in [1.82, 2.24) is 4.90 Å². The van der Waals surface area contributed by atoms with Crippen LogP contribution in [0.5, 0.6) is 11.5 Å². The number of carbonyl (C=O) groups excluding carboxylic acids is 2. The lowest BCUT2D eigenvalue weighted by Gasteiger charge is -2.23. The second kappa shape index (κ2) is 9.87. The van der Waals surface area contributed by atoms with Crippen LogP contribution in [0, 0.1) is 0 Å². The molecule has 0 saturated carbocycles. The van der Waals surface area contributed by atoms with Gasteiger partial charge in [0, 0.05) is 12.1 Å². The summed E-state index contributed by atoms with van der Waals surface area (Å²) in [4.78, 5) is 27.6. The molecule has 1 aromatic heterocycles. The first-order chi connectivity index (χ1) is 16.4. The van der Waals surface area contributed by atoms with Crippen LogP contribution in [-0.2, 0) is 16.1 Å². The molecule has 2 heterocycles. The zero-order valence-electron chi connectivity index (χ0n) is 19.4. The molecule has 7 nitrogen and oxygen atoms in total. The largest absolute Gasteiger partial charge is 0.507 e. The zero-order chi connectivity index (χ0) is 24.2. The van der Waals surface area contributed by atoms with E-state index in [-0.39, 0.29) is 24.0 Å². The van der Waals surface area contributed by atoms with Gasteiger partial charge in [0.2, 0.25) is 0 Å². The molecular weight excluding hydrogens is 434 g/mol. The van der Waals surface area contributed by atoms with Crippen molar-refractivity contribution in [3.63, 3.8) is 0 Å². The molecule has 1 aliphatic heterocycles. The van der Waals surface area contributed by atoms with E-state index in [1.807, 2.05) is 45.0 Å². The molecule has 0 bridgehead atoms. The van der Waals surface area contributed by atoms with Gasteiger partial charge in [0.05, 0.1) is 24.5 Å². The van der Waals surface area contributed by atoms with Crippen LogP contribution in [-0.4, -0.2) is 34.4 Å². The molecule has 1 fully saturated rings. The second-order valence-electron chi connectivity index (χ2n) is 8.21. The molecule has 176 valence electrons. The van der Waals surface area contributed by atoms with E-state index in [2.05, 4.69) is 0 Å². The van der Waals surface area contributed by atoms with Crippen LogP contribution >= 0.6 is 0 Å². The van der Waals surface area contributed by atoms with Crippen molar-refractivity contribution >= 4 is 17.4 Å². The summed E-state index contributed by atoms with van der Waals surface area (Å²) >= 11 is 0. The smallest absolute Gasteiger partial charge is 0.296 e. The first-order valence-electron chi connectivity index (χ1n) is 11.2. The number of furan rings is 1. The highest BCUT2D eigenvalue weighted by atomic mass is 16.5. The van der Waals surface area contributed by atoms with Crippen molar-refractivity contribution in [3.8, 4) is 11.5 Å². The van der Waals surface area contributed by atoms with Crippen LogP contribution in [0.4, 0.5) is 0 Å². The number of likely N-dealkylation sites (tertiary alicyclic amines) is 1. The van der Waals surface area contributed by atoms with Gasteiger partial charge in [-0.05, 0) is 62.7 Å². The monoisotopic (exact) mass is 461 g/mol. The summed E-state index contributed by atoms with van der Waals surface area (Å²) in [5.41, 5.74) is 1.18. The number of benzene rings is 2. The topological polar surface area (TPSA) is 89.2 Å². The SMILES string of the molecule is CCOc1ccc(CN2C(=O)C(=O)/C(=C(\O)c3cccc(OC(C)C)c3)C2c2ccco2)cc1. The zero-order valence-corrected chi connectivity index (χ0v) is 19.4. The first kappa shape index (κ1) is 23.2. The number of hydrogen-bond donors (Lipinski definition) is 1. The van der Waals surface area contributed by atoms with Gasteiger partial charge in [-0.2, -0.15) is 0 Å². The first-order valence-corrected chi connectivity index (χ1v) is 11.2. The van der Waals surface area contributed by atoms with E-state index in [1.54, 1.807) is 36.4 Å². The van der Waals surface area contributed by atoms with E-state index in [0.717, 1.165) is 11.3 Å². The predicted octanol–water partition coefficient (Wildman–Crippen LogP) is 5.09. The molecule has 0 radical (unpaired) electrons. The fourth-order valence-corrected chi connectivity index (χ4v) is 3.98. The molecule has 34 heavy (non-hydrogen) atoms. The molecule has 1 atom stereocenters. The Hall–Kier alpha value is -4.00. The lowest BCUT2D eigenvalue weighted by atomic mass is 9.99. The lowest BCUT2D eigenvalue weighted by Crippen LogP contribution is -2.29. The number of nitrogens with zero attached hydrogens (tertiary/aromatic N) is 1. The van der Waals surface area contributed by atoms with E-state index >= 15 is 0 Å². The molecule has 1 unspecified atom stereocenters. The maximum absolute atomic E-state index is 13.1. The van der Waals surface area contributed by atoms with Gasteiger partial charge >= 0.3 is 0 Å². The third-order valence-electron chi connectivity index (χ3n) is 5.42. The van der Waals surface area contributed by atoms with E-state index in [9.17, 15) is 14.7 Å². The van der Waals surface area contributed by atoms with Crippen LogP contribution in [0.15, 0.2) is 76.9 Å². The highest BCUT2D eigenvalue weighted by Crippen LogP contribution is 2.40. The van der Waals surface area contributed by atoms with Crippen LogP contribution in [0.2, 0.25) is 0 Å². The number of amides is 1. The van der Waals surface area contributed by atoms with Crippen LogP contribution in [0.25, 0.3) is 5.76 Å². The van der Waals surface area contributed by atoms with Gasteiger partial charge < -0.3 is 23.9 Å². The van der Waals surface area contributed by atoms with Gasteiger partial charge in [-0.1, -0.05) is 24.3 Å². The van der Waals surface area contributed by atoms with Crippen molar-refractivity contribution in [2.24, 2.45) is 0 Å².